The topological polar surface area (TPSA) is 76.4 Å². The second-order valence-electron chi connectivity index (χ2n) is 5.70. The van der Waals surface area contributed by atoms with Crippen LogP contribution in [0.2, 0.25) is 0 Å². The molecular weight excluding hydrogens is 254 g/mol. The van der Waals surface area contributed by atoms with Crippen molar-refractivity contribution in [3.63, 3.8) is 0 Å². The largest absolute Gasteiger partial charge is 0.444 e. The third-order valence-electron chi connectivity index (χ3n) is 2.52. The first-order valence-corrected chi connectivity index (χ1v) is 6.91. The van der Waals surface area contributed by atoms with E-state index in [-0.39, 0.29) is 0 Å². The van der Waals surface area contributed by atoms with Gasteiger partial charge in [0.25, 0.3) is 0 Å². The van der Waals surface area contributed by atoms with Crippen molar-refractivity contribution in [3.05, 3.63) is 23.8 Å². The van der Waals surface area contributed by atoms with Gasteiger partial charge in [-0.1, -0.05) is 13.0 Å². The van der Waals surface area contributed by atoms with Crippen LogP contribution in [0.25, 0.3) is 0 Å². The lowest BCUT2D eigenvalue weighted by molar-refractivity contribution is 0.0523. The Balaban J connectivity index is 2.53. The van der Waals surface area contributed by atoms with Crippen molar-refractivity contribution in [2.75, 3.05) is 17.6 Å². The van der Waals surface area contributed by atoms with E-state index in [9.17, 15) is 4.79 Å². The first-order valence-electron chi connectivity index (χ1n) is 6.91. The minimum atomic E-state index is -0.489. The van der Waals surface area contributed by atoms with Gasteiger partial charge in [0.15, 0.2) is 0 Å². The van der Waals surface area contributed by atoms with E-state index in [0.717, 1.165) is 24.2 Å². The van der Waals surface area contributed by atoms with Gasteiger partial charge in [-0.05, 0) is 44.9 Å². The first kappa shape index (κ1) is 16.1. The van der Waals surface area contributed by atoms with Crippen molar-refractivity contribution in [2.45, 2.75) is 46.3 Å². The number of nitrogens with one attached hydrogen (secondary N) is 2. The molecule has 0 aliphatic carbocycles. The third-order valence-corrected chi connectivity index (χ3v) is 2.52. The molecule has 0 aliphatic rings. The number of amides is 1. The molecule has 0 atom stereocenters. The highest BCUT2D eigenvalue weighted by atomic mass is 16.6. The highest BCUT2D eigenvalue weighted by Crippen LogP contribution is 2.19. The van der Waals surface area contributed by atoms with Gasteiger partial charge in [0.1, 0.15) is 5.60 Å². The molecule has 1 aromatic carbocycles. The average Bonchev–Trinajstić information content (AvgIpc) is 2.33. The molecule has 0 unspecified atom stereocenters. The van der Waals surface area contributed by atoms with Gasteiger partial charge in [0.2, 0.25) is 0 Å². The molecule has 4 N–H and O–H groups in total. The third kappa shape index (κ3) is 5.82. The minimum Gasteiger partial charge on any atom is -0.444 e. The van der Waals surface area contributed by atoms with Crippen molar-refractivity contribution in [1.82, 2.24) is 5.32 Å². The number of nitrogen functional groups attached to an aromatic ring is 1. The van der Waals surface area contributed by atoms with E-state index < -0.39 is 11.7 Å². The Kier molecular flexibility index (Phi) is 5.67. The maximum absolute atomic E-state index is 11.5. The Morgan fingerprint density at radius 2 is 2.05 bits per heavy atom. The van der Waals surface area contributed by atoms with Crippen molar-refractivity contribution in [1.29, 1.82) is 0 Å². The van der Waals surface area contributed by atoms with Crippen molar-refractivity contribution in [2.24, 2.45) is 0 Å². The van der Waals surface area contributed by atoms with Crippen LogP contribution >= 0.6 is 0 Å². The van der Waals surface area contributed by atoms with Gasteiger partial charge in [0.05, 0.1) is 11.4 Å². The Morgan fingerprint density at radius 3 is 2.60 bits per heavy atom. The van der Waals surface area contributed by atoms with E-state index >= 15 is 0 Å². The zero-order valence-electron chi connectivity index (χ0n) is 12.7. The number of hydrogen-bond donors (Lipinski definition) is 3. The predicted octanol–water partition coefficient (Wildman–Crippen LogP) is 3.12. The Hall–Kier alpha value is -1.91. The van der Waals surface area contributed by atoms with E-state index in [1.165, 1.54) is 0 Å². The summed E-state index contributed by atoms with van der Waals surface area (Å²) < 4.78 is 5.17. The Bertz CT molecular complexity index is 453. The van der Waals surface area contributed by atoms with Crippen molar-refractivity contribution < 1.29 is 9.53 Å². The summed E-state index contributed by atoms with van der Waals surface area (Å²) in [5.41, 5.74) is 8.02. The fourth-order valence-electron chi connectivity index (χ4n) is 1.63. The molecular formula is C15H25N3O2. The zero-order chi connectivity index (χ0) is 15.2. The molecule has 0 radical (unpaired) electrons. The number of alkyl carbamates (subject to hydrolysis) is 1. The Morgan fingerprint density at radius 1 is 1.35 bits per heavy atom. The fourth-order valence-corrected chi connectivity index (χ4v) is 1.63. The van der Waals surface area contributed by atoms with Crippen LogP contribution in [-0.4, -0.2) is 18.2 Å². The van der Waals surface area contributed by atoms with Crippen molar-refractivity contribution in [3.8, 4) is 0 Å². The van der Waals surface area contributed by atoms with Crippen LogP contribution in [0.4, 0.5) is 16.2 Å². The first-order chi connectivity index (χ1) is 9.31. The molecule has 20 heavy (non-hydrogen) atoms. The normalized spacial score (nSPS) is 11.0. The minimum absolute atomic E-state index is 0.396. The van der Waals surface area contributed by atoms with Crippen LogP contribution in [-0.2, 0) is 11.3 Å². The van der Waals surface area contributed by atoms with Gasteiger partial charge in [-0.2, -0.15) is 0 Å². The lowest BCUT2D eigenvalue weighted by atomic mass is 10.1. The molecule has 1 rings (SSSR count). The lowest BCUT2D eigenvalue weighted by Crippen LogP contribution is -2.32. The summed E-state index contributed by atoms with van der Waals surface area (Å²) in [4.78, 5) is 11.5. The molecule has 0 aliphatic heterocycles. The number of nitrogens with two attached hydrogens (primary N) is 1. The molecule has 112 valence electrons. The molecule has 0 saturated heterocycles. The number of ether oxygens (including phenoxy) is 1. The van der Waals surface area contributed by atoms with Gasteiger partial charge in [-0.3, -0.25) is 0 Å². The van der Waals surface area contributed by atoms with Crippen LogP contribution in [0.5, 0.6) is 0 Å². The molecule has 5 nitrogen and oxygen atoms in total. The molecule has 0 saturated carbocycles. The van der Waals surface area contributed by atoms with Crippen LogP contribution in [0.15, 0.2) is 18.2 Å². The lowest BCUT2D eigenvalue weighted by Gasteiger charge is -2.19. The maximum atomic E-state index is 11.5. The number of carbonyl (C=O) groups excluding carboxylic acids is 1. The van der Waals surface area contributed by atoms with Crippen LogP contribution in [0, 0.1) is 0 Å². The molecule has 0 heterocycles. The molecule has 5 heteroatoms. The highest BCUT2D eigenvalue weighted by Gasteiger charge is 2.15. The summed E-state index contributed by atoms with van der Waals surface area (Å²) in [6.07, 6.45) is 0.616. The van der Waals surface area contributed by atoms with E-state index in [2.05, 4.69) is 17.6 Å². The number of carbonyl (C=O) groups is 1. The molecule has 1 aromatic rings. The molecule has 0 spiro atoms. The fraction of sp³-hybridized carbons (Fsp3) is 0.533. The number of anilines is 2. The molecule has 0 fully saturated rings. The van der Waals surface area contributed by atoms with Crippen LogP contribution in [0.1, 0.15) is 39.7 Å². The summed E-state index contributed by atoms with van der Waals surface area (Å²) in [6.45, 7) is 8.88. The number of benzene rings is 1. The van der Waals surface area contributed by atoms with Crippen LogP contribution < -0.4 is 16.4 Å². The average molecular weight is 279 g/mol. The SMILES string of the molecule is CCCNc1ccc(CNC(=O)OC(C)(C)C)cc1N. The summed E-state index contributed by atoms with van der Waals surface area (Å²) in [5, 5.41) is 5.96. The molecule has 0 aromatic heterocycles. The molecule has 1 amide bonds. The monoisotopic (exact) mass is 279 g/mol. The standard InChI is InChI=1S/C15H25N3O2/c1-5-8-17-13-7-6-11(9-12(13)16)10-18-14(19)20-15(2,3)4/h6-7,9,17H,5,8,10,16H2,1-4H3,(H,18,19). The van der Waals surface area contributed by atoms with Gasteiger partial charge in [0, 0.05) is 13.1 Å². The second kappa shape index (κ2) is 7.03. The Labute approximate surface area is 120 Å². The predicted molar refractivity (Wildman–Crippen MR) is 82.7 cm³/mol. The van der Waals surface area contributed by atoms with Crippen LogP contribution in [0.3, 0.4) is 0 Å². The van der Waals surface area contributed by atoms with Gasteiger partial charge in [-0.15, -0.1) is 0 Å². The summed E-state index contributed by atoms with van der Waals surface area (Å²) >= 11 is 0. The quantitative estimate of drug-likeness (QED) is 0.724. The number of hydrogen-bond acceptors (Lipinski definition) is 4. The summed E-state index contributed by atoms with van der Waals surface area (Å²) in [6, 6.07) is 5.72. The van der Waals surface area contributed by atoms with Gasteiger partial charge in [-0.25, -0.2) is 4.79 Å². The highest BCUT2D eigenvalue weighted by molar-refractivity contribution is 5.69. The summed E-state index contributed by atoms with van der Waals surface area (Å²) in [7, 11) is 0. The number of rotatable bonds is 5. The maximum Gasteiger partial charge on any atom is 0.407 e. The summed E-state index contributed by atoms with van der Waals surface area (Å²) in [5.74, 6) is 0. The van der Waals surface area contributed by atoms with E-state index in [1.807, 2.05) is 39.0 Å². The van der Waals surface area contributed by atoms with E-state index in [1.54, 1.807) is 0 Å². The van der Waals surface area contributed by atoms with Gasteiger partial charge >= 0.3 is 6.09 Å². The zero-order valence-corrected chi connectivity index (χ0v) is 12.7. The molecule has 0 bridgehead atoms. The van der Waals surface area contributed by atoms with Gasteiger partial charge < -0.3 is 21.1 Å². The smallest absolute Gasteiger partial charge is 0.407 e. The van der Waals surface area contributed by atoms with E-state index in [4.69, 9.17) is 10.5 Å². The van der Waals surface area contributed by atoms with E-state index in [0.29, 0.717) is 12.2 Å². The van der Waals surface area contributed by atoms with Crippen molar-refractivity contribution >= 4 is 17.5 Å². The second-order valence-corrected chi connectivity index (χ2v) is 5.70.